The Labute approximate surface area is 102 Å². The van der Waals surface area contributed by atoms with Crippen LogP contribution in [-0.4, -0.2) is 29.7 Å². The molecule has 0 aromatic heterocycles. The van der Waals surface area contributed by atoms with Gasteiger partial charge in [-0.1, -0.05) is 32.6 Å². The summed E-state index contributed by atoms with van der Waals surface area (Å²) in [6.45, 7) is 2.22. The number of hydrogen-bond donors (Lipinski definition) is 2. The summed E-state index contributed by atoms with van der Waals surface area (Å²) in [6, 6.07) is -0.952. The zero-order valence-corrected chi connectivity index (χ0v) is 10.5. The van der Waals surface area contributed by atoms with Crippen LogP contribution in [0.5, 0.6) is 0 Å². The molecule has 0 spiro atoms. The molecule has 0 aromatic rings. The third kappa shape index (κ3) is 9.81. The van der Waals surface area contributed by atoms with Crippen LogP contribution in [0.25, 0.3) is 0 Å². The van der Waals surface area contributed by atoms with E-state index in [1.807, 2.05) is 0 Å². The van der Waals surface area contributed by atoms with Gasteiger partial charge < -0.3 is 15.6 Å². The zero-order valence-electron chi connectivity index (χ0n) is 10.5. The lowest BCUT2D eigenvalue weighted by Gasteiger charge is -2.07. The van der Waals surface area contributed by atoms with Gasteiger partial charge in [0.2, 0.25) is 0 Å². The van der Waals surface area contributed by atoms with Crippen molar-refractivity contribution in [2.45, 2.75) is 57.9 Å². The van der Waals surface area contributed by atoms with Crippen molar-refractivity contribution >= 4 is 11.9 Å². The summed E-state index contributed by atoms with van der Waals surface area (Å²) in [5, 5.41) is 8.51. The standard InChI is InChI=1S/C12H23NO4/c1-2-3-4-5-6-7-11(14)17-9-8-10(13)12(15)16/h10H,2-9,13H2,1H3,(H,15,16)/t10-/m0/s1. The first-order chi connectivity index (χ1) is 8.07. The van der Waals surface area contributed by atoms with E-state index in [0.717, 1.165) is 19.3 Å². The molecule has 0 saturated heterocycles. The fourth-order valence-corrected chi connectivity index (χ4v) is 1.37. The molecule has 0 fully saturated rings. The fourth-order valence-electron chi connectivity index (χ4n) is 1.37. The predicted molar refractivity (Wildman–Crippen MR) is 64.6 cm³/mol. The van der Waals surface area contributed by atoms with E-state index in [1.54, 1.807) is 0 Å². The van der Waals surface area contributed by atoms with E-state index < -0.39 is 12.0 Å². The highest BCUT2D eigenvalue weighted by Crippen LogP contribution is 2.05. The first-order valence-corrected chi connectivity index (χ1v) is 6.22. The first kappa shape index (κ1) is 15.9. The Bertz CT molecular complexity index is 231. The van der Waals surface area contributed by atoms with Crippen molar-refractivity contribution in [3.05, 3.63) is 0 Å². The first-order valence-electron chi connectivity index (χ1n) is 6.22. The molecule has 0 unspecified atom stereocenters. The predicted octanol–water partition coefficient (Wildman–Crippen LogP) is 1.69. The molecule has 3 N–H and O–H groups in total. The van der Waals surface area contributed by atoms with Crippen molar-refractivity contribution in [2.24, 2.45) is 5.73 Å². The van der Waals surface area contributed by atoms with Crippen molar-refractivity contribution in [1.29, 1.82) is 0 Å². The molecule has 0 aliphatic carbocycles. The number of carbonyl (C=O) groups is 2. The molecular formula is C12H23NO4. The van der Waals surface area contributed by atoms with Crippen molar-refractivity contribution in [3.63, 3.8) is 0 Å². The van der Waals surface area contributed by atoms with Crippen molar-refractivity contribution < 1.29 is 19.4 Å². The molecule has 0 heterocycles. The van der Waals surface area contributed by atoms with E-state index in [1.165, 1.54) is 12.8 Å². The quantitative estimate of drug-likeness (QED) is 0.451. The maximum atomic E-state index is 11.2. The lowest BCUT2D eigenvalue weighted by Crippen LogP contribution is -2.31. The molecule has 0 amide bonds. The minimum Gasteiger partial charge on any atom is -0.480 e. The van der Waals surface area contributed by atoms with Gasteiger partial charge in [0.05, 0.1) is 6.61 Å². The summed E-state index contributed by atoms with van der Waals surface area (Å²) in [7, 11) is 0. The number of carboxylic acids is 1. The molecule has 0 radical (unpaired) electrons. The van der Waals surface area contributed by atoms with Gasteiger partial charge in [0, 0.05) is 12.8 Å². The van der Waals surface area contributed by atoms with E-state index in [9.17, 15) is 9.59 Å². The van der Waals surface area contributed by atoms with Crippen LogP contribution in [0, 0.1) is 0 Å². The van der Waals surface area contributed by atoms with Crippen molar-refractivity contribution in [3.8, 4) is 0 Å². The number of carboxylic acid groups (broad SMARTS) is 1. The summed E-state index contributed by atoms with van der Waals surface area (Å²) in [4.78, 5) is 21.6. The number of rotatable bonds is 10. The molecule has 0 aliphatic heterocycles. The largest absolute Gasteiger partial charge is 0.480 e. The normalized spacial score (nSPS) is 12.1. The maximum Gasteiger partial charge on any atom is 0.320 e. The number of nitrogens with two attached hydrogens (primary N) is 1. The van der Waals surface area contributed by atoms with Crippen LogP contribution in [0.1, 0.15) is 51.9 Å². The van der Waals surface area contributed by atoms with Crippen LogP contribution >= 0.6 is 0 Å². The number of aliphatic carboxylic acids is 1. The smallest absolute Gasteiger partial charge is 0.320 e. The molecule has 0 bridgehead atoms. The second-order valence-corrected chi connectivity index (χ2v) is 4.12. The SMILES string of the molecule is CCCCCCCC(=O)OCC[C@H](N)C(=O)O. The molecule has 0 aromatic carbocycles. The molecule has 0 saturated carbocycles. The van der Waals surface area contributed by atoms with Crippen LogP contribution in [0.2, 0.25) is 0 Å². The average molecular weight is 245 g/mol. The van der Waals surface area contributed by atoms with Gasteiger partial charge in [0.25, 0.3) is 0 Å². The summed E-state index contributed by atoms with van der Waals surface area (Å²) < 4.78 is 4.89. The van der Waals surface area contributed by atoms with E-state index in [4.69, 9.17) is 15.6 Å². The lowest BCUT2D eigenvalue weighted by atomic mass is 10.1. The molecule has 100 valence electrons. The Balaban J connectivity index is 3.38. The Morgan fingerprint density at radius 3 is 2.47 bits per heavy atom. The van der Waals surface area contributed by atoms with Crippen LogP contribution in [-0.2, 0) is 14.3 Å². The van der Waals surface area contributed by atoms with Gasteiger partial charge in [0.1, 0.15) is 6.04 Å². The highest BCUT2D eigenvalue weighted by molar-refractivity contribution is 5.73. The number of hydrogen-bond acceptors (Lipinski definition) is 4. The number of esters is 1. The van der Waals surface area contributed by atoms with Gasteiger partial charge >= 0.3 is 11.9 Å². The molecule has 17 heavy (non-hydrogen) atoms. The van der Waals surface area contributed by atoms with E-state index >= 15 is 0 Å². The minimum atomic E-state index is -1.07. The highest BCUT2D eigenvalue weighted by Gasteiger charge is 2.11. The number of carbonyl (C=O) groups excluding carboxylic acids is 1. The second-order valence-electron chi connectivity index (χ2n) is 4.12. The Hall–Kier alpha value is -1.10. The van der Waals surface area contributed by atoms with Crippen LogP contribution in [0.4, 0.5) is 0 Å². The molecule has 5 heteroatoms. The summed E-state index contributed by atoms with van der Waals surface area (Å²) >= 11 is 0. The maximum absolute atomic E-state index is 11.2. The Morgan fingerprint density at radius 1 is 1.24 bits per heavy atom. The molecule has 0 aliphatic rings. The number of unbranched alkanes of at least 4 members (excludes halogenated alkanes) is 4. The molecule has 1 atom stereocenters. The monoisotopic (exact) mass is 245 g/mol. The lowest BCUT2D eigenvalue weighted by molar-refractivity contribution is -0.146. The minimum absolute atomic E-state index is 0.0846. The molecule has 5 nitrogen and oxygen atoms in total. The van der Waals surface area contributed by atoms with Crippen LogP contribution < -0.4 is 5.73 Å². The molecule has 0 rings (SSSR count). The van der Waals surface area contributed by atoms with E-state index in [0.29, 0.717) is 6.42 Å². The van der Waals surface area contributed by atoms with Gasteiger partial charge in [-0.2, -0.15) is 0 Å². The van der Waals surface area contributed by atoms with E-state index in [-0.39, 0.29) is 19.0 Å². The second kappa shape index (κ2) is 10.1. The summed E-state index contributed by atoms with van der Waals surface area (Å²) in [5.74, 6) is -1.33. The molecular weight excluding hydrogens is 222 g/mol. The Morgan fingerprint density at radius 2 is 1.88 bits per heavy atom. The van der Waals surface area contributed by atoms with Crippen LogP contribution in [0.3, 0.4) is 0 Å². The fraction of sp³-hybridized carbons (Fsp3) is 0.833. The highest BCUT2D eigenvalue weighted by atomic mass is 16.5. The van der Waals surface area contributed by atoms with Gasteiger partial charge in [-0.25, -0.2) is 0 Å². The topological polar surface area (TPSA) is 89.6 Å². The average Bonchev–Trinajstić information content (AvgIpc) is 2.28. The zero-order chi connectivity index (χ0) is 13.1. The third-order valence-electron chi connectivity index (χ3n) is 2.49. The van der Waals surface area contributed by atoms with Gasteiger partial charge in [-0.05, 0) is 6.42 Å². The van der Waals surface area contributed by atoms with Crippen molar-refractivity contribution in [2.75, 3.05) is 6.61 Å². The Kier molecular flexibility index (Phi) is 9.43. The summed E-state index contributed by atoms with van der Waals surface area (Å²) in [6.07, 6.45) is 5.97. The van der Waals surface area contributed by atoms with E-state index in [2.05, 4.69) is 6.92 Å². The number of ether oxygens (including phenoxy) is 1. The van der Waals surface area contributed by atoms with Crippen molar-refractivity contribution in [1.82, 2.24) is 0 Å². The van der Waals surface area contributed by atoms with Crippen LogP contribution in [0.15, 0.2) is 0 Å². The van der Waals surface area contributed by atoms with Gasteiger partial charge in [-0.15, -0.1) is 0 Å². The van der Waals surface area contributed by atoms with Gasteiger partial charge in [-0.3, -0.25) is 9.59 Å². The summed E-state index contributed by atoms with van der Waals surface area (Å²) in [5.41, 5.74) is 5.27. The third-order valence-corrected chi connectivity index (χ3v) is 2.49. The van der Waals surface area contributed by atoms with Gasteiger partial charge in [0.15, 0.2) is 0 Å².